The van der Waals surface area contributed by atoms with Gasteiger partial charge in [0.1, 0.15) is 0 Å². The molecular formula is C14H24N2O3S. The molecule has 0 radical (unpaired) electrons. The highest BCUT2D eigenvalue weighted by Gasteiger charge is 2.27. The number of sulfonamides is 1. The standard InChI is InChI=1S/C14H24N2O3S/c1-3-14(4-2,12-17)11-16-20(18,19)10-7-13-5-8-15-9-6-13/h5-6,8-9,16-17H,3-4,7,10-12H2,1-2H3. The molecule has 0 saturated heterocycles. The third kappa shape index (κ3) is 5.19. The van der Waals surface area contributed by atoms with Crippen LogP contribution in [0.25, 0.3) is 0 Å². The first-order valence-electron chi connectivity index (χ1n) is 6.94. The molecule has 0 bridgehead atoms. The minimum atomic E-state index is -3.32. The second-order valence-electron chi connectivity index (χ2n) is 5.11. The van der Waals surface area contributed by atoms with Crippen LogP contribution in [0.3, 0.4) is 0 Å². The van der Waals surface area contributed by atoms with Crippen molar-refractivity contribution in [2.75, 3.05) is 18.9 Å². The fourth-order valence-corrected chi connectivity index (χ4v) is 3.09. The van der Waals surface area contributed by atoms with E-state index in [1.54, 1.807) is 12.4 Å². The van der Waals surface area contributed by atoms with Gasteiger partial charge in [-0.05, 0) is 37.0 Å². The summed E-state index contributed by atoms with van der Waals surface area (Å²) < 4.78 is 26.6. The van der Waals surface area contributed by atoms with Gasteiger partial charge in [-0.15, -0.1) is 0 Å². The zero-order valence-corrected chi connectivity index (χ0v) is 13.0. The molecule has 0 aliphatic carbocycles. The van der Waals surface area contributed by atoms with E-state index in [1.165, 1.54) is 0 Å². The number of hydrogen-bond donors (Lipinski definition) is 2. The maximum Gasteiger partial charge on any atom is 0.211 e. The van der Waals surface area contributed by atoms with Gasteiger partial charge in [0, 0.05) is 31.0 Å². The summed E-state index contributed by atoms with van der Waals surface area (Å²) in [6.45, 7) is 4.21. The highest BCUT2D eigenvalue weighted by Crippen LogP contribution is 2.24. The van der Waals surface area contributed by atoms with Crippen LogP contribution in [0, 0.1) is 5.41 Å². The maximum absolute atomic E-state index is 12.0. The molecule has 1 rings (SSSR count). The van der Waals surface area contributed by atoms with E-state index in [0.29, 0.717) is 6.42 Å². The van der Waals surface area contributed by atoms with Crippen LogP contribution in [0.2, 0.25) is 0 Å². The number of aromatic nitrogens is 1. The van der Waals surface area contributed by atoms with Crippen molar-refractivity contribution in [3.05, 3.63) is 30.1 Å². The number of aliphatic hydroxyl groups is 1. The van der Waals surface area contributed by atoms with E-state index in [9.17, 15) is 13.5 Å². The largest absolute Gasteiger partial charge is 0.396 e. The lowest BCUT2D eigenvalue weighted by Crippen LogP contribution is -2.40. The molecule has 20 heavy (non-hydrogen) atoms. The average Bonchev–Trinajstić information content (AvgIpc) is 2.48. The van der Waals surface area contributed by atoms with Gasteiger partial charge in [-0.3, -0.25) is 4.98 Å². The van der Waals surface area contributed by atoms with Crippen molar-refractivity contribution in [1.82, 2.24) is 9.71 Å². The Balaban J connectivity index is 2.53. The van der Waals surface area contributed by atoms with Crippen LogP contribution in [0.4, 0.5) is 0 Å². The van der Waals surface area contributed by atoms with E-state index in [2.05, 4.69) is 9.71 Å². The Morgan fingerprint density at radius 2 is 1.85 bits per heavy atom. The van der Waals surface area contributed by atoms with Gasteiger partial charge in [-0.2, -0.15) is 0 Å². The molecule has 1 aromatic rings. The van der Waals surface area contributed by atoms with Crippen LogP contribution in [0.1, 0.15) is 32.3 Å². The zero-order valence-electron chi connectivity index (χ0n) is 12.2. The van der Waals surface area contributed by atoms with Crippen molar-refractivity contribution < 1.29 is 13.5 Å². The summed E-state index contributed by atoms with van der Waals surface area (Å²) in [4.78, 5) is 3.90. The lowest BCUT2D eigenvalue weighted by molar-refractivity contribution is 0.119. The minimum Gasteiger partial charge on any atom is -0.396 e. The summed E-state index contributed by atoms with van der Waals surface area (Å²) in [6.07, 6.45) is 5.25. The number of nitrogens with one attached hydrogen (secondary N) is 1. The topological polar surface area (TPSA) is 79.3 Å². The lowest BCUT2D eigenvalue weighted by atomic mass is 9.84. The van der Waals surface area contributed by atoms with Gasteiger partial charge in [-0.1, -0.05) is 13.8 Å². The van der Waals surface area contributed by atoms with Crippen molar-refractivity contribution in [3.8, 4) is 0 Å². The quantitative estimate of drug-likeness (QED) is 0.721. The van der Waals surface area contributed by atoms with Gasteiger partial charge in [0.15, 0.2) is 0 Å². The molecular weight excluding hydrogens is 276 g/mol. The fraction of sp³-hybridized carbons (Fsp3) is 0.643. The Labute approximate surface area is 121 Å². The van der Waals surface area contributed by atoms with Gasteiger partial charge in [-0.25, -0.2) is 13.1 Å². The molecule has 0 aromatic carbocycles. The number of aryl methyl sites for hydroxylation is 1. The van der Waals surface area contributed by atoms with Gasteiger partial charge in [0.25, 0.3) is 0 Å². The van der Waals surface area contributed by atoms with Gasteiger partial charge >= 0.3 is 0 Å². The summed E-state index contributed by atoms with van der Waals surface area (Å²) >= 11 is 0. The summed E-state index contributed by atoms with van der Waals surface area (Å²) in [5.41, 5.74) is 0.591. The lowest BCUT2D eigenvalue weighted by Gasteiger charge is -2.29. The normalized spacial score (nSPS) is 12.6. The van der Waals surface area contributed by atoms with E-state index in [-0.39, 0.29) is 24.3 Å². The number of nitrogens with zero attached hydrogens (tertiary/aromatic N) is 1. The fourth-order valence-electron chi connectivity index (χ4n) is 1.92. The Hall–Kier alpha value is -0.980. The summed E-state index contributed by atoms with van der Waals surface area (Å²) in [5, 5.41) is 9.44. The molecule has 0 aliphatic heterocycles. The highest BCUT2D eigenvalue weighted by atomic mass is 32.2. The maximum atomic E-state index is 12.0. The van der Waals surface area contributed by atoms with Crippen LogP contribution < -0.4 is 4.72 Å². The molecule has 0 saturated carbocycles. The predicted molar refractivity (Wildman–Crippen MR) is 79.8 cm³/mol. The highest BCUT2D eigenvalue weighted by molar-refractivity contribution is 7.89. The molecule has 6 heteroatoms. The average molecular weight is 300 g/mol. The predicted octanol–water partition coefficient (Wildman–Crippen LogP) is 1.34. The molecule has 0 atom stereocenters. The molecule has 0 spiro atoms. The number of pyridine rings is 1. The first-order chi connectivity index (χ1) is 9.47. The minimum absolute atomic E-state index is 0.00707. The summed E-state index contributed by atoms with van der Waals surface area (Å²) in [7, 11) is -3.32. The van der Waals surface area contributed by atoms with Gasteiger partial charge in [0.05, 0.1) is 5.75 Å². The molecule has 0 fully saturated rings. The Morgan fingerprint density at radius 3 is 2.35 bits per heavy atom. The molecule has 0 aliphatic rings. The van der Waals surface area contributed by atoms with Crippen molar-refractivity contribution in [2.45, 2.75) is 33.1 Å². The SMILES string of the molecule is CCC(CC)(CO)CNS(=O)(=O)CCc1ccncc1. The van der Waals surface area contributed by atoms with Crippen LogP contribution >= 0.6 is 0 Å². The number of rotatable bonds is 9. The van der Waals surface area contributed by atoms with Crippen molar-refractivity contribution >= 4 is 10.0 Å². The third-order valence-corrected chi connectivity index (χ3v) is 5.24. The molecule has 5 nitrogen and oxygen atoms in total. The summed E-state index contributed by atoms with van der Waals surface area (Å²) in [5.74, 6) is 0.0476. The Kier molecular flexibility index (Phi) is 6.58. The Morgan fingerprint density at radius 1 is 1.25 bits per heavy atom. The molecule has 114 valence electrons. The van der Waals surface area contributed by atoms with E-state index in [4.69, 9.17) is 0 Å². The molecule has 0 amide bonds. The third-order valence-electron chi connectivity index (χ3n) is 3.91. The monoisotopic (exact) mass is 300 g/mol. The van der Waals surface area contributed by atoms with Crippen LogP contribution in [-0.4, -0.2) is 37.4 Å². The van der Waals surface area contributed by atoms with Crippen LogP contribution in [0.5, 0.6) is 0 Å². The van der Waals surface area contributed by atoms with Crippen molar-refractivity contribution in [3.63, 3.8) is 0 Å². The van der Waals surface area contributed by atoms with E-state index >= 15 is 0 Å². The molecule has 1 heterocycles. The number of aliphatic hydroxyl groups excluding tert-OH is 1. The van der Waals surface area contributed by atoms with Crippen LogP contribution in [0.15, 0.2) is 24.5 Å². The van der Waals surface area contributed by atoms with E-state index in [0.717, 1.165) is 18.4 Å². The first kappa shape index (κ1) is 17.1. The zero-order chi connectivity index (χ0) is 15.1. The Bertz CT molecular complexity index is 476. The second kappa shape index (κ2) is 7.71. The van der Waals surface area contributed by atoms with Crippen molar-refractivity contribution in [1.29, 1.82) is 0 Å². The second-order valence-corrected chi connectivity index (χ2v) is 7.04. The summed E-state index contributed by atoms with van der Waals surface area (Å²) in [6, 6.07) is 3.62. The number of hydrogen-bond acceptors (Lipinski definition) is 4. The van der Waals surface area contributed by atoms with Gasteiger partial charge < -0.3 is 5.11 Å². The van der Waals surface area contributed by atoms with E-state index < -0.39 is 10.0 Å². The van der Waals surface area contributed by atoms with E-state index in [1.807, 2.05) is 26.0 Å². The van der Waals surface area contributed by atoms with Gasteiger partial charge in [0.2, 0.25) is 10.0 Å². The molecule has 1 aromatic heterocycles. The molecule has 2 N–H and O–H groups in total. The first-order valence-corrected chi connectivity index (χ1v) is 8.59. The van der Waals surface area contributed by atoms with Crippen molar-refractivity contribution in [2.24, 2.45) is 5.41 Å². The van der Waals surface area contributed by atoms with Crippen LogP contribution in [-0.2, 0) is 16.4 Å². The molecule has 0 unspecified atom stereocenters. The smallest absolute Gasteiger partial charge is 0.211 e.